The summed E-state index contributed by atoms with van der Waals surface area (Å²) in [6, 6.07) is 1.72. The van der Waals surface area contributed by atoms with Crippen molar-refractivity contribution in [2.24, 2.45) is 0 Å². The number of carboxylic acids is 1. The fourth-order valence-electron chi connectivity index (χ4n) is 2.30. The predicted molar refractivity (Wildman–Crippen MR) is 69.4 cm³/mol. The van der Waals surface area contributed by atoms with E-state index in [4.69, 9.17) is 10.4 Å². The van der Waals surface area contributed by atoms with Gasteiger partial charge in [0.2, 0.25) is 0 Å². The summed E-state index contributed by atoms with van der Waals surface area (Å²) in [5, 5.41) is 20.4. The average molecular weight is 267 g/mol. The van der Waals surface area contributed by atoms with Gasteiger partial charge in [0.05, 0.1) is 24.4 Å². The summed E-state index contributed by atoms with van der Waals surface area (Å²) in [5.41, 5.74) is -0.595. The van der Waals surface area contributed by atoms with Crippen LogP contribution in [0.5, 0.6) is 0 Å². The van der Waals surface area contributed by atoms with E-state index in [1.807, 2.05) is 19.9 Å². The van der Waals surface area contributed by atoms with Crippen molar-refractivity contribution < 1.29 is 14.7 Å². The molecule has 0 aromatic rings. The summed E-state index contributed by atoms with van der Waals surface area (Å²) >= 11 is 0. The van der Waals surface area contributed by atoms with Gasteiger partial charge in [-0.2, -0.15) is 5.26 Å². The molecular formula is C13H21N3O3. The van der Waals surface area contributed by atoms with Crippen LogP contribution in [0.4, 0.5) is 4.79 Å². The third kappa shape index (κ3) is 4.12. The molecule has 0 aliphatic heterocycles. The molecule has 0 aromatic heterocycles. The second-order valence-electron chi connectivity index (χ2n) is 5.33. The topological polar surface area (TPSA) is 93.4 Å². The highest BCUT2D eigenvalue weighted by Crippen LogP contribution is 2.35. The van der Waals surface area contributed by atoms with E-state index in [-0.39, 0.29) is 24.9 Å². The van der Waals surface area contributed by atoms with Gasteiger partial charge < -0.3 is 15.3 Å². The number of hydrogen-bond donors (Lipinski definition) is 2. The van der Waals surface area contributed by atoms with Gasteiger partial charge in [0.25, 0.3) is 0 Å². The Morgan fingerprint density at radius 3 is 2.47 bits per heavy atom. The lowest BCUT2D eigenvalue weighted by atomic mass is 9.74. The molecule has 2 N–H and O–H groups in total. The first-order valence-corrected chi connectivity index (χ1v) is 6.58. The molecule has 0 bridgehead atoms. The first-order chi connectivity index (χ1) is 8.90. The molecule has 1 fully saturated rings. The molecule has 0 unspecified atom stereocenters. The number of urea groups is 1. The van der Waals surface area contributed by atoms with Crippen LogP contribution in [0, 0.1) is 11.3 Å². The standard InChI is InChI=1S/C13H21N3O3/c1-10(2)16(8-4-7-14)12(19)15-13(5-3-6-13)9-11(17)18/h10H,3-6,8-9H2,1-2H3,(H,15,19)(H,17,18). The Kier molecular flexibility index (Phi) is 5.16. The fraction of sp³-hybridized carbons (Fsp3) is 0.769. The number of nitrogens with one attached hydrogen (secondary N) is 1. The van der Waals surface area contributed by atoms with Crippen molar-refractivity contribution in [3.8, 4) is 6.07 Å². The van der Waals surface area contributed by atoms with E-state index in [2.05, 4.69) is 5.32 Å². The third-order valence-electron chi connectivity index (χ3n) is 3.52. The molecule has 1 aliphatic carbocycles. The molecule has 106 valence electrons. The number of nitriles is 1. The van der Waals surface area contributed by atoms with Crippen LogP contribution in [-0.4, -0.2) is 40.1 Å². The molecule has 6 heteroatoms. The van der Waals surface area contributed by atoms with Crippen molar-refractivity contribution in [2.75, 3.05) is 6.54 Å². The fourth-order valence-corrected chi connectivity index (χ4v) is 2.30. The summed E-state index contributed by atoms with van der Waals surface area (Å²) < 4.78 is 0. The minimum Gasteiger partial charge on any atom is -0.481 e. The normalized spacial score (nSPS) is 16.3. The van der Waals surface area contributed by atoms with Crippen LogP contribution in [0.1, 0.15) is 46.0 Å². The molecule has 1 aliphatic rings. The van der Waals surface area contributed by atoms with Crippen LogP contribution >= 0.6 is 0 Å². The van der Waals surface area contributed by atoms with Crippen LogP contribution in [0.2, 0.25) is 0 Å². The predicted octanol–water partition coefficient (Wildman–Crippen LogP) is 1.72. The number of carboxylic acid groups (broad SMARTS) is 1. The monoisotopic (exact) mass is 267 g/mol. The summed E-state index contributed by atoms with van der Waals surface area (Å²) in [6.07, 6.45) is 2.58. The van der Waals surface area contributed by atoms with Gasteiger partial charge in [0, 0.05) is 12.6 Å². The zero-order valence-electron chi connectivity index (χ0n) is 11.5. The molecule has 2 amide bonds. The van der Waals surface area contributed by atoms with Crippen LogP contribution in [0.3, 0.4) is 0 Å². The number of rotatable bonds is 6. The molecule has 0 radical (unpaired) electrons. The van der Waals surface area contributed by atoms with Crippen molar-refractivity contribution in [2.45, 2.75) is 57.5 Å². The van der Waals surface area contributed by atoms with E-state index in [0.29, 0.717) is 19.4 Å². The molecule has 0 saturated heterocycles. The first kappa shape index (κ1) is 15.3. The van der Waals surface area contributed by atoms with E-state index >= 15 is 0 Å². The number of carbonyl (C=O) groups excluding carboxylic acids is 1. The summed E-state index contributed by atoms with van der Waals surface area (Å²) in [5.74, 6) is -0.895. The zero-order valence-corrected chi connectivity index (χ0v) is 11.5. The van der Waals surface area contributed by atoms with E-state index in [1.54, 1.807) is 4.90 Å². The lowest BCUT2D eigenvalue weighted by molar-refractivity contribution is -0.139. The Balaban J connectivity index is 2.64. The molecule has 0 heterocycles. The Hall–Kier alpha value is -1.77. The second kappa shape index (κ2) is 6.41. The van der Waals surface area contributed by atoms with Crippen LogP contribution in [-0.2, 0) is 4.79 Å². The van der Waals surface area contributed by atoms with Crippen LogP contribution in [0.25, 0.3) is 0 Å². The maximum absolute atomic E-state index is 12.2. The highest BCUT2D eigenvalue weighted by molar-refractivity contribution is 5.77. The number of carbonyl (C=O) groups is 2. The van der Waals surface area contributed by atoms with Crippen molar-refractivity contribution >= 4 is 12.0 Å². The molecule has 0 atom stereocenters. The maximum Gasteiger partial charge on any atom is 0.318 e. The average Bonchev–Trinajstić information content (AvgIpc) is 2.25. The summed E-state index contributed by atoms with van der Waals surface area (Å²) in [7, 11) is 0. The van der Waals surface area contributed by atoms with Gasteiger partial charge in [-0.15, -0.1) is 0 Å². The molecule has 19 heavy (non-hydrogen) atoms. The van der Waals surface area contributed by atoms with E-state index in [1.165, 1.54) is 0 Å². The van der Waals surface area contributed by atoms with Gasteiger partial charge in [-0.25, -0.2) is 4.79 Å². The van der Waals surface area contributed by atoms with Gasteiger partial charge in [-0.05, 0) is 33.1 Å². The van der Waals surface area contributed by atoms with Gasteiger partial charge in [-0.3, -0.25) is 4.79 Å². The molecule has 6 nitrogen and oxygen atoms in total. The molecule has 1 saturated carbocycles. The lowest BCUT2D eigenvalue weighted by Gasteiger charge is -2.43. The van der Waals surface area contributed by atoms with Gasteiger partial charge >= 0.3 is 12.0 Å². The van der Waals surface area contributed by atoms with Gasteiger partial charge in [-0.1, -0.05) is 0 Å². The van der Waals surface area contributed by atoms with Crippen LogP contribution in [0.15, 0.2) is 0 Å². The van der Waals surface area contributed by atoms with Crippen molar-refractivity contribution in [3.63, 3.8) is 0 Å². The highest BCUT2D eigenvalue weighted by Gasteiger charge is 2.41. The molecular weight excluding hydrogens is 246 g/mol. The molecule has 1 rings (SSSR count). The Morgan fingerprint density at radius 1 is 1.47 bits per heavy atom. The van der Waals surface area contributed by atoms with Gasteiger partial charge in [0.15, 0.2) is 0 Å². The smallest absolute Gasteiger partial charge is 0.318 e. The van der Waals surface area contributed by atoms with Crippen molar-refractivity contribution in [1.29, 1.82) is 5.26 Å². The van der Waals surface area contributed by atoms with Crippen molar-refractivity contribution in [3.05, 3.63) is 0 Å². The Morgan fingerprint density at radius 2 is 2.11 bits per heavy atom. The Bertz CT molecular complexity index is 383. The van der Waals surface area contributed by atoms with Crippen LogP contribution < -0.4 is 5.32 Å². The third-order valence-corrected chi connectivity index (χ3v) is 3.52. The quantitative estimate of drug-likeness (QED) is 0.766. The SMILES string of the molecule is CC(C)N(CCC#N)C(=O)NC1(CC(=O)O)CCC1. The number of nitrogens with zero attached hydrogens (tertiary/aromatic N) is 2. The van der Waals surface area contributed by atoms with E-state index < -0.39 is 11.5 Å². The van der Waals surface area contributed by atoms with Gasteiger partial charge in [0.1, 0.15) is 0 Å². The maximum atomic E-state index is 12.2. The Labute approximate surface area is 113 Å². The number of hydrogen-bond acceptors (Lipinski definition) is 3. The minimum absolute atomic E-state index is 0.0182. The largest absolute Gasteiger partial charge is 0.481 e. The van der Waals surface area contributed by atoms with E-state index in [0.717, 1.165) is 6.42 Å². The van der Waals surface area contributed by atoms with Crippen molar-refractivity contribution in [1.82, 2.24) is 10.2 Å². The summed E-state index contributed by atoms with van der Waals surface area (Å²) in [4.78, 5) is 24.6. The summed E-state index contributed by atoms with van der Waals surface area (Å²) in [6.45, 7) is 4.12. The first-order valence-electron chi connectivity index (χ1n) is 6.58. The highest BCUT2D eigenvalue weighted by atomic mass is 16.4. The number of aliphatic carboxylic acids is 1. The minimum atomic E-state index is -0.895. The second-order valence-corrected chi connectivity index (χ2v) is 5.33. The van der Waals surface area contributed by atoms with E-state index in [9.17, 15) is 9.59 Å². The molecule has 0 aromatic carbocycles. The number of amides is 2. The molecule has 0 spiro atoms. The zero-order chi connectivity index (χ0) is 14.5. The lowest BCUT2D eigenvalue weighted by Crippen LogP contribution is -2.59.